The van der Waals surface area contributed by atoms with Crippen molar-refractivity contribution >= 4 is 28.6 Å². The first kappa shape index (κ1) is 15.4. The number of carbonyl (C=O) groups is 2. The molecule has 1 aromatic heterocycles. The van der Waals surface area contributed by atoms with Crippen molar-refractivity contribution in [3.63, 3.8) is 0 Å². The smallest absolute Gasteiger partial charge is 0.409 e. The van der Waals surface area contributed by atoms with Crippen LogP contribution in [0.4, 0.5) is 14.7 Å². The van der Waals surface area contributed by atoms with Gasteiger partial charge in [0.2, 0.25) is 0 Å². The van der Waals surface area contributed by atoms with Crippen LogP contribution in [0.25, 0.3) is 0 Å². The van der Waals surface area contributed by atoms with Crippen LogP contribution in [0.15, 0.2) is 0 Å². The number of hydrogen-bond acceptors (Lipinski definition) is 7. The average Bonchev–Trinajstić information content (AvgIpc) is 2.94. The molecule has 3 heterocycles. The van der Waals surface area contributed by atoms with E-state index in [4.69, 9.17) is 4.74 Å². The molecule has 2 aliphatic heterocycles. The SMILES string of the molecule is CNC(=O)Nc1nc2c(s1)[C@H]1CN(C(=O)OC)C[C@@H](C2)N1C#N. The standard InChI is InChI=1S/C13H16N6O3S/c1-15-11(20)17-12-16-8-3-7-4-18(13(21)22-2)5-9(10(8)23-12)19(7)6-14/h7,9H,3-5H2,1-2H3,(H2,15,16,17,20)/t7-,9-/m1/s1. The zero-order chi connectivity index (χ0) is 16.6. The third kappa shape index (κ3) is 2.63. The number of rotatable bonds is 1. The largest absolute Gasteiger partial charge is 0.453 e. The molecule has 0 aromatic carbocycles. The van der Waals surface area contributed by atoms with Crippen LogP contribution in [-0.2, 0) is 11.2 Å². The first-order valence-corrected chi connectivity index (χ1v) is 7.88. The molecule has 9 nitrogen and oxygen atoms in total. The van der Waals surface area contributed by atoms with E-state index in [1.54, 1.807) is 9.80 Å². The number of nitrogens with zero attached hydrogens (tertiary/aromatic N) is 4. The quantitative estimate of drug-likeness (QED) is 0.731. The molecule has 1 saturated heterocycles. The van der Waals surface area contributed by atoms with Crippen LogP contribution < -0.4 is 10.6 Å². The van der Waals surface area contributed by atoms with Gasteiger partial charge in [-0.05, 0) is 0 Å². The van der Waals surface area contributed by atoms with Crippen LogP contribution in [-0.4, -0.2) is 60.2 Å². The van der Waals surface area contributed by atoms with Crippen molar-refractivity contribution in [2.45, 2.75) is 18.5 Å². The first-order valence-electron chi connectivity index (χ1n) is 7.06. The maximum absolute atomic E-state index is 11.8. The summed E-state index contributed by atoms with van der Waals surface area (Å²) in [7, 11) is 2.87. The fourth-order valence-electron chi connectivity index (χ4n) is 2.98. The van der Waals surface area contributed by atoms with Gasteiger partial charge in [0.05, 0.1) is 36.3 Å². The van der Waals surface area contributed by atoms with Gasteiger partial charge < -0.3 is 15.0 Å². The van der Waals surface area contributed by atoms with Crippen molar-refractivity contribution in [1.29, 1.82) is 5.26 Å². The fraction of sp³-hybridized carbons (Fsp3) is 0.538. The van der Waals surface area contributed by atoms with Crippen LogP contribution in [0, 0.1) is 11.5 Å². The summed E-state index contributed by atoms with van der Waals surface area (Å²) in [4.78, 5) is 31.9. The highest BCUT2D eigenvalue weighted by atomic mass is 32.1. The van der Waals surface area contributed by atoms with Crippen LogP contribution in [0.3, 0.4) is 0 Å². The van der Waals surface area contributed by atoms with Crippen LogP contribution in [0.5, 0.6) is 0 Å². The normalized spacial score (nSPS) is 22.0. The van der Waals surface area contributed by atoms with Gasteiger partial charge in [-0.25, -0.2) is 14.6 Å². The Labute approximate surface area is 136 Å². The molecule has 0 radical (unpaired) electrons. The van der Waals surface area contributed by atoms with E-state index < -0.39 is 6.09 Å². The number of piperazine rings is 1. The van der Waals surface area contributed by atoms with Gasteiger partial charge in [-0.1, -0.05) is 11.3 Å². The molecule has 0 spiro atoms. The number of amides is 3. The lowest BCUT2D eigenvalue weighted by molar-refractivity contribution is 0.0465. The Hall–Kier alpha value is -2.54. The van der Waals surface area contributed by atoms with Crippen molar-refractivity contribution in [2.75, 3.05) is 32.6 Å². The molecule has 1 aromatic rings. The highest BCUT2D eigenvalue weighted by Crippen LogP contribution is 2.41. The van der Waals surface area contributed by atoms with Gasteiger partial charge in [-0.3, -0.25) is 10.2 Å². The molecule has 23 heavy (non-hydrogen) atoms. The lowest BCUT2D eigenvalue weighted by Gasteiger charge is -2.45. The predicted octanol–water partition coefficient (Wildman–Crippen LogP) is 0.725. The summed E-state index contributed by atoms with van der Waals surface area (Å²) < 4.78 is 4.79. The topological polar surface area (TPSA) is 111 Å². The Morgan fingerprint density at radius 1 is 1.48 bits per heavy atom. The van der Waals surface area contributed by atoms with Crippen molar-refractivity contribution < 1.29 is 14.3 Å². The third-order valence-electron chi connectivity index (χ3n) is 4.01. The van der Waals surface area contributed by atoms with Crippen molar-refractivity contribution in [2.24, 2.45) is 0 Å². The average molecular weight is 336 g/mol. The number of thiazole rings is 1. The molecule has 2 bridgehead atoms. The molecule has 0 unspecified atom stereocenters. The van der Waals surface area contributed by atoms with Gasteiger partial charge in [0.15, 0.2) is 11.3 Å². The van der Waals surface area contributed by atoms with E-state index in [0.29, 0.717) is 24.6 Å². The Balaban J connectivity index is 1.90. The highest BCUT2D eigenvalue weighted by molar-refractivity contribution is 7.16. The summed E-state index contributed by atoms with van der Waals surface area (Å²) in [5, 5.41) is 15.1. The molecule has 10 heteroatoms. The second kappa shape index (κ2) is 5.92. The van der Waals surface area contributed by atoms with Crippen LogP contribution in [0.2, 0.25) is 0 Å². The van der Waals surface area contributed by atoms with E-state index in [1.807, 2.05) is 0 Å². The number of methoxy groups -OCH3 is 1. The summed E-state index contributed by atoms with van der Waals surface area (Å²) in [6, 6.07) is -0.716. The van der Waals surface area contributed by atoms with Gasteiger partial charge in [-0.2, -0.15) is 5.26 Å². The lowest BCUT2D eigenvalue weighted by Crippen LogP contribution is -2.57. The molecular formula is C13H16N6O3S. The van der Waals surface area contributed by atoms with Gasteiger partial charge in [0.1, 0.15) is 0 Å². The van der Waals surface area contributed by atoms with Crippen LogP contribution >= 0.6 is 11.3 Å². The Bertz CT molecular complexity index is 684. The first-order chi connectivity index (χ1) is 11.1. The van der Waals surface area contributed by atoms with E-state index >= 15 is 0 Å². The predicted molar refractivity (Wildman–Crippen MR) is 81.9 cm³/mol. The summed E-state index contributed by atoms with van der Waals surface area (Å²) in [6.45, 7) is 0.789. The number of hydrogen-bond donors (Lipinski definition) is 2. The maximum Gasteiger partial charge on any atom is 0.409 e. The van der Waals surface area contributed by atoms with E-state index in [2.05, 4.69) is 21.8 Å². The molecule has 3 rings (SSSR count). The number of urea groups is 1. The molecule has 3 amide bonds. The summed E-state index contributed by atoms with van der Waals surface area (Å²) in [5.74, 6) is 0. The van der Waals surface area contributed by atoms with E-state index in [0.717, 1.165) is 10.6 Å². The Kier molecular flexibility index (Phi) is 3.96. The Morgan fingerprint density at radius 2 is 2.26 bits per heavy atom. The minimum atomic E-state index is -0.394. The van der Waals surface area contributed by atoms with Gasteiger partial charge in [0.25, 0.3) is 0 Å². The Morgan fingerprint density at radius 3 is 2.91 bits per heavy atom. The zero-order valence-electron chi connectivity index (χ0n) is 12.7. The summed E-state index contributed by atoms with van der Waals surface area (Å²) >= 11 is 1.33. The summed E-state index contributed by atoms with van der Waals surface area (Å²) in [5.41, 5.74) is 0.882. The monoisotopic (exact) mass is 336 g/mol. The van der Waals surface area contributed by atoms with Crippen molar-refractivity contribution in [1.82, 2.24) is 20.1 Å². The minimum absolute atomic E-state index is 0.125. The van der Waals surface area contributed by atoms with E-state index in [-0.39, 0.29) is 18.1 Å². The van der Waals surface area contributed by atoms with E-state index in [1.165, 1.54) is 25.5 Å². The number of ether oxygens (including phenoxy) is 1. The van der Waals surface area contributed by atoms with Crippen molar-refractivity contribution in [3.8, 4) is 6.19 Å². The number of fused-ring (bicyclic) bond motifs is 4. The molecule has 1 fully saturated rings. The molecule has 122 valence electrons. The number of nitrogens with one attached hydrogen (secondary N) is 2. The number of anilines is 1. The highest BCUT2D eigenvalue weighted by Gasteiger charge is 2.43. The number of aromatic nitrogens is 1. The molecular weight excluding hydrogens is 320 g/mol. The van der Waals surface area contributed by atoms with Gasteiger partial charge in [0, 0.05) is 20.0 Å². The lowest BCUT2D eigenvalue weighted by atomic mass is 9.94. The molecule has 0 aliphatic carbocycles. The summed E-state index contributed by atoms with van der Waals surface area (Å²) in [6.07, 6.45) is 2.38. The van der Waals surface area contributed by atoms with Crippen molar-refractivity contribution in [3.05, 3.63) is 10.6 Å². The van der Waals surface area contributed by atoms with Gasteiger partial charge in [-0.15, -0.1) is 0 Å². The second-order valence-electron chi connectivity index (χ2n) is 5.29. The minimum Gasteiger partial charge on any atom is -0.453 e. The molecule has 2 N–H and O–H groups in total. The molecule has 0 saturated carbocycles. The second-order valence-corrected chi connectivity index (χ2v) is 6.32. The van der Waals surface area contributed by atoms with E-state index in [9.17, 15) is 14.9 Å². The number of carbonyl (C=O) groups excluding carboxylic acids is 2. The fourth-order valence-corrected chi connectivity index (χ4v) is 4.05. The van der Waals surface area contributed by atoms with Crippen LogP contribution in [0.1, 0.15) is 16.6 Å². The molecule has 2 aliphatic rings. The maximum atomic E-state index is 11.8. The zero-order valence-corrected chi connectivity index (χ0v) is 13.5. The molecule has 2 atom stereocenters. The third-order valence-corrected chi connectivity index (χ3v) is 5.12. The van der Waals surface area contributed by atoms with Gasteiger partial charge >= 0.3 is 12.1 Å². The number of nitriles is 1.